The van der Waals surface area contributed by atoms with Crippen molar-refractivity contribution in [3.8, 4) is 5.75 Å². The van der Waals surface area contributed by atoms with Crippen molar-refractivity contribution in [2.75, 3.05) is 6.61 Å². The van der Waals surface area contributed by atoms with Crippen LogP contribution in [0.5, 0.6) is 5.75 Å². The largest absolute Gasteiger partial charge is 0.434 e. The normalized spacial score (nSPS) is 11.4. The molecule has 2 amide bonds. The van der Waals surface area contributed by atoms with E-state index in [4.69, 9.17) is 0 Å². The molecule has 2 rings (SSSR count). The second-order valence-electron chi connectivity index (χ2n) is 5.95. The van der Waals surface area contributed by atoms with Crippen molar-refractivity contribution in [3.05, 3.63) is 65.2 Å². The van der Waals surface area contributed by atoms with Crippen molar-refractivity contribution in [3.63, 3.8) is 0 Å². The Labute approximate surface area is 163 Å². The van der Waals surface area contributed by atoms with E-state index in [0.717, 1.165) is 5.56 Å². The third-order valence-electron chi connectivity index (χ3n) is 3.64. The van der Waals surface area contributed by atoms with Gasteiger partial charge in [0.1, 0.15) is 12.4 Å². The number of urea groups is 1. The van der Waals surface area contributed by atoms with Crippen molar-refractivity contribution in [1.29, 1.82) is 0 Å². The summed E-state index contributed by atoms with van der Waals surface area (Å²) in [4.78, 5) is 11.9. The summed E-state index contributed by atoms with van der Waals surface area (Å²) in [6.45, 7) is -4.29. The van der Waals surface area contributed by atoms with E-state index in [-0.39, 0.29) is 25.4 Å². The number of para-hydroxylation sites is 1. The van der Waals surface area contributed by atoms with Crippen LogP contribution in [0.4, 0.5) is 26.7 Å². The van der Waals surface area contributed by atoms with E-state index in [1.807, 2.05) is 0 Å². The highest BCUT2D eigenvalue weighted by atomic mass is 19.4. The fourth-order valence-electron chi connectivity index (χ4n) is 2.32. The number of halogens is 5. The molecule has 5 nitrogen and oxygen atoms in total. The number of carbonyl (C=O) groups is 1. The Morgan fingerprint density at radius 3 is 2.21 bits per heavy atom. The number of benzene rings is 2. The first-order valence-corrected chi connectivity index (χ1v) is 8.49. The summed E-state index contributed by atoms with van der Waals surface area (Å²) < 4.78 is 69.8. The third kappa shape index (κ3) is 8.77. The maximum atomic E-state index is 12.4. The average molecular weight is 418 g/mol. The van der Waals surface area contributed by atoms with Gasteiger partial charge in [-0.05, 0) is 17.2 Å². The van der Waals surface area contributed by atoms with Crippen LogP contribution in [0, 0.1) is 0 Å². The Bertz CT molecular complexity index is 782. The van der Waals surface area contributed by atoms with E-state index in [0.29, 0.717) is 11.1 Å². The summed E-state index contributed by atoms with van der Waals surface area (Å²) in [5.41, 5.74) is 1.69. The molecule has 0 saturated heterocycles. The standard InChI is InChI=1S/C19H19F5N2O3/c20-17(21)29-16-4-2-1-3-15(16)10-26-18(27)25-9-13-5-7-14(8-6-13)11-28-12-19(22,23)24/h1-8,17H,9-12H2,(H2,25,26,27). The number of hydrogen-bond donors (Lipinski definition) is 2. The van der Waals surface area contributed by atoms with Gasteiger partial charge in [-0.2, -0.15) is 22.0 Å². The van der Waals surface area contributed by atoms with Gasteiger partial charge in [0.05, 0.1) is 6.61 Å². The van der Waals surface area contributed by atoms with Crippen LogP contribution in [0.3, 0.4) is 0 Å². The number of ether oxygens (including phenoxy) is 2. The topological polar surface area (TPSA) is 59.6 Å². The maximum Gasteiger partial charge on any atom is 0.411 e. The van der Waals surface area contributed by atoms with E-state index in [1.54, 1.807) is 42.5 Å². The molecule has 10 heteroatoms. The molecule has 0 bridgehead atoms. The molecule has 0 aromatic heterocycles. The lowest BCUT2D eigenvalue weighted by Gasteiger charge is -2.12. The molecular formula is C19H19F5N2O3. The van der Waals surface area contributed by atoms with Crippen LogP contribution in [-0.4, -0.2) is 25.4 Å². The van der Waals surface area contributed by atoms with E-state index in [2.05, 4.69) is 20.1 Å². The van der Waals surface area contributed by atoms with Gasteiger partial charge in [0.25, 0.3) is 0 Å². The molecule has 0 aliphatic carbocycles. The summed E-state index contributed by atoms with van der Waals surface area (Å²) in [5.74, 6) is -0.0221. The number of alkyl halides is 5. The van der Waals surface area contributed by atoms with Crippen molar-refractivity contribution in [2.24, 2.45) is 0 Å². The van der Waals surface area contributed by atoms with Gasteiger partial charge < -0.3 is 20.1 Å². The van der Waals surface area contributed by atoms with Gasteiger partial charge in [0.15, 0.2) is 0 Å². The molecule has 0 atom stereocenters. The summed E-state index contributed by atoms with van der Waals surface area (Å²) in [6, 6.07) is 12.1. The molecule has 0 spiro atoms. The number of hydrogen-bond acceptors (Lipinski definition) is 3. The van der Waals surface area contributed by atoms with Crippen LogP contribution in [0.15, 0.2) is 48.5 Å². The minimum atomic E-state index is -4.37. The second kappa shape index (κ2) is 10.6. The van der Waals surface area contributed by atoms with Crippen LogP contribution in [-0.2, 0) is 24.4 Å². The van der Waals surface area contributed by atoms with Crippen LogP contribution < -0.4 is 15.4 Å². The number of carbonyl (C=O) groups excluding carboxylic acids is 1. The summed E-state index contributed by atoms with van der Waals surface area (Å²) in [7, 11) is 0. The molecule has 0 saturated carbocycles. The minimum Gasteiger partial charge on any atom is -0.434 e. The van der Waals surface area contributed by atoms with Crippen molar-refractivity contribution in [2.45, 2.75) is 32.5 Å². The first-order chi connectivity index (χ1) is 13.7. The Morgan fingerprint density at radius 1 is 0.931 bits per heavy atom. The van der Waals surface area contributed by atoms with Gasteiger partial charge in [0.2, 0.25) is 0 Å². The van der Waals surface area contributed by atoms with Gasteiger partial charge in [-0.3, -0.25) is 0 Å². The highest BCUT2D eigenvalue weighted by molar-refractivity contribution is 5.73. The summed E-state index contributed by atoms with van der Waals surface area (Å²) in [6.07, 6.45) is -4.37. The molecule has 29 heavy (non-hydrogen) atoms. The molecule has 2 N–H and O–H groups in total. The lowest BCUT2D eigenvalue weighted by molar-refractivity contribution is -0.176. The van der Waals surface area contributed by atoms with Gasteiger partial charge in [-0.25, -0.2) is 4.79 Å². The van der Waals surface area contributed by atoms with Crippen molar-refractivity contribution in [1.82, 2.24) is 10.6 Å². The smallest absolute Gasteiger partial charge is 0.411 e. The number of nitrogens with one attached hydrogen (secondary N) is 2. The molecule has 0 radical (unpaired) electrons. The molecule has 158 valence electrons. The SMILES string of the molecule is O=C(NCc1ccc(COCC(F)(F)F)cc1)NCc1ccccc1OC(F)F. The molecule has 2 aromatic rings. The van der Waals surface area contributed by atoms with E-state index >= 15 is 0 Å². The fourth-order valence-corrected chi connectivity index (χ4v) is 2.32. The predicted molar refractivity (Wildman–Crippen MR) is 94.3 cm³/mol. The maximum absolute atomic E-state index is 12.4. The molecular weight excluding hydrogens is 399 g/mol. The quantitative estimate of drug-likeness (QED) is 0.595. The third-order valence-corrected chi connectivity index (χ3v) is 3.64. The molecule has 0 aliphatic rings. The van der Waals surface area contributed by atoms with Crippen LogP contribution in [0.2, 0.25) is 0 Å². The second-order valence-corrected chi connectivity index (χ2v) is 5.95. The first kappa shape index (κ1) is 22.4. The lowest BCUT2D eigenvalue weighted by atomic mass is 10.1. The Balaban J connectivity index is 1.75. The van der Waals surface area contributed by atoms with Gasteiger partial charge in [-0.1, -0.05) is 42.5 Å². The zero-order chi connectivity index (χ0) is 21.3. The first-order valence-electron chi connectivity index (χ1n) is 8.49. The number of amides is 2. The van der Waals surface area contributed by atoms with Gasteiger partial charge in [0, 0.05) is 18.7 Å². The van der Waals surface area contributed by atoms with Crippen LogP contribution in [0.1, 0.15) is 16.7 Å². The Kier molecular flexibility index (Phi) is 8.20. The summed E-state index contributed by atoms with van der Waals surface area (Å²) >= 11 is 0. The Morgan fingerprint density at radius 2 is 1.55 bits per heavy atom. The molecule has 0 aliphatic heterocycles. The zero-order valence-corrected chi connectivity index (χ0v) is 15.1. The minimum absolute atomic E-state index is 0.00971. The van der Waals surface area contributed by atoms with E-state index < -0.39 is 25.4 Å². The lowest BCUT2D eigenvalue weighted by Crippen LogP contribution is -2.34. The Hall–Kier alpha value is -2.88. The predicted octanol–water partition coefficient (Wildman–Crippen LogP) is 4.37. The van der Waals surface area contributed by atoms with Crippen molar-refractivity contribution < 1.29 is 36.2 Å². The molecule has 0 heterocycles. The van der Waals surface area contributed by atoms with Gasteiger partial charge >= 0.3 is 18.8 Å². The van der Waals surface area contributed by atoms with Crippen LogP contribution in [0.25, 0.3) is 0 Å². The zero-order valence-electron chi connectivity index (χ0n) is 15.1. The van der Waals surface area contributed by atoms with Gasteiger partial charge in [-0.15, -0.1) is 0 Å². The number of rotatable bonds is 9. The monoisotopic (exact) mass is 418 g/mol. The highest BCUT2D eigenvalue weighted by Crippen LogP contribution is 2.20. The average Bonchev–Trinajstić information content (AvgIpc) is 2.65. The molecule has 0 fully saturated rings. The fraction of sp³-hybridized carbons (Fsp3) is 0.316. The summed E-state index contributed by atoms with van der Waals surface area (Å²) in [5, 5.41) is 5.13. The van der Waals surface area contributed by atoms with E-state index in [1.165, 1.54) is 6.07 Å². The van der Waals surface area contributed by atoms with Crippen LogP contribution >= 0.6 is 0 Å². The highest BCUT2D eigenvalue weighted by Gasteiger charge is 2.27. The molecule has 2 aromatic carbocycles. The molecule has 0 unspecified atom stereocenters. The van der Waals surface area contributed by atoms with Crippen molar-refractivity contribution >= 4 is 6.03 Å². The van der Waals surface area contributed by atoms with E-state index in [9.17, 15) is 26.7 Å².